The Morgan fingerprint density at radius 2 is 1.72 bits per heavy atom. The molecule has 2 nitrogen and oxygen atoms in total. The van der Waals surface area contributed by atoms with E-state index in [0.717, 1.165) is 12.0 Å². The van der Waals surface area contributed by atoms with Gasteiger partial charge in [0.15, 0.2) is 0 Å². The lowest BCUT2D eigenvalue weighted by atomic mass is 10.0. The first kappa shape index (κ1) is 12.9. The number of hydrogen-bond acceptors (Lipinski definition) is 2. The Kier molecular flexibility index (Phi) is 3.90. The van der Waals surface area contributed by atoms with Gasteiger partial charge in [0.25, 0.3) is 0 Å². The smallest absolute Gasteiger partial charge is 0.139 e. The summed E-state index contributed by atoms with van der Waals surface area (Å²) >= 11 is 5.93. The highest BCUT2D eigenvalue weighted by atomic mass is 35.5. The fourth-order valence-electron chi connectivity index (χ4n) is 1.88. The van der Waals surface area contributed by atoms with E-state index in [0.29, 0.717) is 5.56 Å². The van der Waals surface area contributed by atoms with Crippen LogP contribution in [-0.2, 0) is 13.0 Å². The largest absolute Gasteiger partial charge is 0.506 e. The number of hydrogen-bond donors (Lipinski definition) is 2. The molecular formula is C15H15ClO2. The van der Waals surface area contributed by atoms with Crippen molar-refractivity contribution < 1.29 is 10.2 Å². The monoisotopic (exact) mass is 262 g/mol. The SMILES string of the molecule is Cc1ccc(Cc2cc(Cl)c(O)c(CO)c2)cc1. The quantitative estimate of drug-likeness (QED) is 0.890. The zero-order valence-corrected chi connectivity index (χ0v) is 10.9. The minimum absolute atomic E-state index is 0.0353. The molecule has 2 N–H and O–H groups in total. The minimum atomic E-state index is -0.215. The molecule has 0 spiro atoms. The van der Waals surface area contributed by atoms with E-state index in [4.69, 9.17) is 16.7 Å². The summed E-state index contributed by atoms with van der Waals surface area (Å²) in [6, 6.07) is 11.8. The molecule has 2 aromatic carbocycles. The highest BCUT2D eigenvalue weighted by molar-refractivity contribution is 6.32. The molecule has 0 amide bonds. The second-order valence-corrected chi connectivity index (χ2v) is 4.81. The van der Waals surface area contributed by atoms with E-state index in [1.165, 1.54) is 11.1 Å². The molecule has 0 aliphatic carbocycles. The molecule has 18 heavy (non-hydrogen) atoms. The van der Waals surface area contributed by atoms with Crippen molar-refractivity contribution in [3.63, 3.8) is 0 Å². The van der Waals surface area contributed by atoms with Gasteiger partial charge in [0.1, 0.15) is 5.75 Å². The number of aliphatic hydroxyl groups excluding tert-OH is 1. The van der Waals surface area contributed by atoms with Crippen molar-refractivity contribution in [2.24, 2.45) is 0 Å². The van der Waals surface area contributed by atoms with Gasteiger partial charge in [-0.15, -0.1) is 0 Å². The number of rotatable bonds is 3. The predicted octanol–water partition coefficient (Wildman–Crippen LogP) is 3.44. The van der Waals surface area contributed by atoms with Gasteiger partial charge in [-0.05, 0) is 36.6 Å². The van der Waals surface area contributed by atoms with Crippen molar-refractivity contribution in [1.29, 1.82) is 0 Å². The normalized spacial score (nSPS) is 10.6. The number of aliphatic hydroxyl groups is 1. The summed E-state index contributed by atoms with van der Waals surface area (Å²) in [5.74, 6) is -0.0353. The second kappa shape index (κ2) is 5.42. The van der Waals surface area contributed by atoms with Crippen LogP contribution in [0.2, 0.25) is 5.02 Å². The average molecular weight is 263 g/mol. The Morgan fingerprint density at radius 1 is 1.06 bits per heavy atom. The number of aryl methyl sites for hydroxylation is 1. The zero-order valence-electron chi connectivity index (χ0n) is 10.2. The van der Waals surface area contributed by atoms with Crippen molar-refractivity contribution in [3.8, 4) is 5.75 Å². The summed E-state index contributed by atoms with van der Waals surface area (Å²) < 4.78 is 0. The van der Waals surface area contributed by atoms with Gasteiger partial charge >= 0.3 is 0 Å². The molecule has 0 saturated heterocycles. The Balaban J connectivity index is 2.29. The molecule has 0 radical (unpaired) electrons. The first-order valence-corrected chi connectivity index (χ1v) is 6.14. The van der Waals surface area contributed by atoms with Crippen molar-refractivity contribution in [3.05, 3.63) is 63.7 Å². The highest BCUT2D eigenvalue weighted by Gasteiger charge is 2.08. The first-order chi connectivity index (χ1) is 8.60. The van der Waals surface area contributed by atoms with E-state index in [2.05, 4.69) is 24.3 Å². The molecule has 3 heteroatoms. The van der Waals surface area contributed by atoms with E-state index in [-0.39, 0.29) is 17.4 Å². The molecule has 0 saturated carbocycles. The average Bonchev–Trinajstić information content (AvgIpc) is 2.36. The molecule has 0 aliphatic rings. The van der Waals surface area contributed by atoms with Crippen LogP contribution in [0.4, 0.5) is 0 Å². The molecule has 0 aromatic heterocycles. The van der Waals surface area contributed by atoms with Crippen LogP contribution in [0.25, 0.3) is 0 Å². The molecule has 0 fully saturated rings. The van der Waals surface area contributed by atoms with Gasteiger partial charge < -0.3 is 10.2 Å². The Morgan fingerprint density at radius 3 is 2.33 bits per heavy atom. The molecule has 0 bridgehead atoms. The van der Waals surface area contributed by atoms with E-state index in [1.54, 1.807) is 12.1 Å². The van der Waals surface area contributed by atoms with Crippen LogP contribution in [0, 0.1) is 6.92 Å². The fraction of sp³-hybridized carbons (Fsp3) is 0.200. The summed E-state index contributed by atoms with van der Waals surface area (Å²) in [5, 5.41) is 19.1. The predicted molar refractivity (Wildman–Crippen MR) is 73.0 cm³/mol. The van der Waals surface area contributed by atoms with Crippen LogP contribution in [-0.4, -0.2) is 10.2 Å². The van der Waals surface area contributed by atoms with E-state index in [1.807, 2.05) is 6.92 Å². The third-order valence-corrected chi connectivity index (χ3v) is 3.19. The topological polar surface area (TPSA) is 40.5 Å². The van der Waals surface area contributed by atoms with Gasteiger partial charge in [-0.3, -0.25) is 0 Å². The number of phenols is 1. The number of benzene rings is 2. The summed E-state index contributed by atoms with van der Waals surface area (Å²) in [4.78, 5) is 0. The van der Waals surface area contributed by atoms with Crippen molar-refractivity contribution in [1.82, 2.24) is 0 Å². The fourth-order valence-corrected chi connectivity index (χ4v) is 2.14. The van der Waals surface area contributed by atoms with Crippen LogP contribution in [0.15, 0.2) is 36.4 Å². The summed E-state index contributed by atoms with van der Waals surface area (Å²) in [6.45, 7) is 1.83. The first-order valence-electron chi connectivity index (χ1n) is 5.77. The van der Waals surface area contributed by atoms with Gasteiger partial charge in [0.05, 0.1) is 11.6 Å². The Labute approximate surface area is 111 Å². The number of halogens is 1. The summed E-state index contributed by atoms with van der Waals surface area (Å²) in [7, 11) is 0. The van der Waals surface area contributed by atoms with Crippen molar-refractivity contribution in [2.75, 3.05) is 0 Å². The van der Waals surface area contributed by atoms with Gasteiger partial charge in [0, 0.05) is 5.56 Å². The number of aromatic hydroxyl groups is 1. The zero-order chi connectivity index (χ0) is 13.1. The second-order valence-electron chi connectivity index (χ2n) is 4.41. The third-order valence-electron chi connectivity index (χ3n) is 2.90. The molecule has 0 unspecified atom stereocenters. The molecule has 94 valence electrons. The molecule has 0 heterocycles. The van der Waals surface area contributed by atoms with Crippen LogP contribution >= 0.6 is 11.6 Å². The lowest BCUT2D eigenvalue weighted by Gasteiger charge is -2.08. The molecular weight excluding hydrogens is 248 g/mol. The minimum Gasteiger partial charge on any atom is -0.506 e. The standard InChI is InChI=1S/C15H15ClO2/c1-10-2-4-11(5-3-10)6-12-7-13(9-17)15(18)14(16)8-12/h2-5,7-8,17-18H,6,9H2,1H3. The maximum absolute atomic E-state index is 9.63. The highest BCUT2D eigenvalue weighted by Crippen LogP contribution is 2.30. The maximum Gasteiger partial charge on any atom is 0.139 e. The maximum atomic E-state index is 9.63. The van der Waals surface area contributed by atoms with Crippen LogP contribution in [0.5, 0.6) is 5.75 Å². The van der Waals surface area contributed by atoms with Gasteiger partial charge in [0.2, 0.25) is 0 Å². The van der Waals surface area contributed by atoms with Crippen LogP contribution < -0.4 is 0 Å². The molecule has 2 rings (SSSR count). The lowest BCUT2D eigenvalue weighted by molar-refractivity contribution is 0.275. The Hall–Kier alpha value is -1.51. The molecule has 0 aliphatic heterocycles. The summed E-state index contributed by atoms with van der Waals surface area (Å²) in [5.41, 5.74) is 3.83. The van der Waals surface area contributed by atoms with E-state index in [9.17, 15) is 5.11 Å². The van der Waals surface area contributed by atoms with Gasteiger partial charge in [-0.25, -0.2) is 0 Å². The van der Waals surface area contributed by atoms with Gasteiger partial charge in [-0.1, -0.05) is 41.4 Å². The summed E-state index contributed by atoms with van der Waals surface area (Å²) in [6.07, 6.45) is 0.729. The lowest BCUT2D eigenvalue weighted by Crippen LogP contribution is -1.93. The van der Waals surface area contributed by atoms with E-state index >= 15 is 0 Å². The third kappa shape index (κ3) is 2.84. The van der Waals surface area contributed by atoms with Crippen LogP contribution in [0.3, 0.4) is 0 Å². The Bertz CT molecular complexity index is 547. The van der Waals surface area contributed by atoms with Crippen molar-refractivity contribution >= 4 is 11.6 Å². The van der Waals surface area contributed by atoms with E-state index < -0.39 is 0 Å². The molecule has 0 atom stereocenters. The van der Waals surface area contributed by atoms with Gasteiger partial charge in [-0.2, -0.15) is 0 Å². The molecule has 2 aromatic rings. The van der Waals surface area contributed by atoms with Crippen LogP contribution in [0.1, 0.15) is 22.3 Å². The van der Waals surface area contributed by atoms with Crippen molar-refractivity contribution in [2.45, 2.75) is 20.0 Å².